The number of benzene rings is 1. The van der Waals surface area contributed by atoms with Gasteiger partial charge in [-0.1, -0.05) is 44.2 Å². The number of carbonyl (C=O) groups excluding carboxylic acids is 1. The van der Waals surface area contributed by atoms with Crippen molar-refractivity contribution in [2.45, 2.75) is 38.5 Å². The van der Waals surface area contributed by atoms with Crippen LogP contribution in [0, 0.1) is 5.92 Å². The summed E-state index contributed by atoms with van der Waals surface area (Å²) in [7, 11) is 0. The molecular formula is C14H19NO2. The highest BCUT2D eigenvalue weighted by atomic mass is 16.3. The van der Waals surface area contributed by atoms with Gasteiger partial charge in [-0.2, -0.15) is 0 Å². The van der Waals surface area contributed by atoms with E-state index in [0.29, 0.717) is 5.92 Å². The lowest BCUT2D eigenvalue weighted by Gasteiger charge is -2.22. The van der Waals surface area contributed by atoms with E-state index >= 15 is 0 Å². The summed E-state index contributed by atoms with van der Waals surface area (Å²) in [6, 6.07) is 5.25. The number of para-hydroxylation sites is 1. The van der Waals surface area contributed by atoms with E-state index in [1.165, 1.54) is 32.1 Å². The van der Waals surface area contributed by atoms with Gasteiger partial charge in [-0.25, -0.2) is 0 Å². The number of hydrogen-bond acceptors (Lipinski definition) is 2. The summed E-state index contributed by atoms with van der Waals surface area (Å²) in [4.78, 5) is 11.1. The van der Waals surface area contributed by atoms with Crippen LogP contribution in [0.5, 0.6) is 5.75 Å². The van der Waals surface area contributed by atoms with E-state index in [1.54, 1.807) is 12.1 Å². The molecule has 1 aliphatic carbocycles. The molecule has 3 heteroatoms. The molecule has 1 saturated carbocycles. The fourth-order valence-corrected chi connectivity index (χ4v) is 2.66. The van der Waals surface area contributed by atoms with Crippen LogP contribution in [-0.2, 0) is 6.42 Å². The Morgan fingerprint density at radius 2 is 2.00 bits per heavy atom. The number of phenols is 1. The largest absolute Gasteiger partial charge is 0.507 e. The van der Waals surface area contributed by atoms with E-state index in [0.717, 1.165) is 12.0 Å². The van der Waals surface area contributed by atoms with Crippen molar-refractivity contribution in [3.63, 3.8) is 0 Å². The second-order valence-electron chi connectivity index (χ2n) is 4.89. The molecule has 0 saturated heterocycles. The van der Waals surface area contributed by atoms with Gasteiger partial charge in [0.05, 0.1) is 5.56 Å². The van der Waals surface area contributed by atoms with Crippen LogP contribution in [0.4, 0.5) is 0 Å². The standard InChI is InChI=1S/C14H19NO2/c15-14(17)12-8-4-7-11(13(12)16)9-10-5-2-1-3-6-10/h4,7-8,10,16H,1-3,5-6,9H2,(H2,15,17). The first kappa shape index (κ1) is 12.0. The van der Waals surface area contributed by atoms with Crippen molar-refractivity contribution >= 4 is 5.91 Å². The number of nitrogens with two attached hydrogens (primary N) is 1. The van der Waals surface area contributed by atoms with Gasteiger partial charge < -0.3 is 10.8 Å². The van der Waals surface area contributed by atoms with Gasteiger partial charge in [0.25, 0.3) is 5.91 Å². The van der Waals surface area contributed by atoms with Crippen molar-refractivity contribution in [3.8, 4) is 5.75 Å². The van der Waals surface area contributed by atoms with Crippen LogP contribution in [0.1, 0.15) is 48.0 Å². The van der Waals surface area contributed by atoms with Gasteiger partial charge in [0, 0.05) is 0 Å². The third-order valence-electron chi connectivity index (χ3n) is 3.62. The maximum Gasteiger partial charge on any atom is 0.252 e. The molecule has 1 fully saturated rings. The van der Waals surface area contributed by atoms with Gasteiger partial charge >= 0.3 is 0 Å². The Morgan fingerprint density at radius 1 is 1.29 bits per heavy atom. The minimum absolute atomic E-state index is 0.0746. The molecule has 0 aromatic heterocycles. The molecule has 1 aromatic carbocycles. The van der Waals surface area contributed by atoms with Crippen LogP contribution >= 0.6 is 0 Å². The zero-order chi connectivity index (χ0) is 12.3. The van der Waals surface area contributed by atoms with E-state index < -0.39 is 5.91 Å². The van der Waals surface area contributed by atoms with Gasteiger partial charge in [-0.3, -0.25) is 4.79 Å². The van der Waals surface area contributed by atoms with Crippen LogP contribution in [-0.4, -0.2) is 11.0 Å². The summed E-state index contributed by atoms with van der Waals surface area (Å²) in [5.74, 6) is 0.149. The van der Waals surface area contributed by atoms with Gasteiger partial charge in [0.2, 0.25) is 0 Å². The quantitative estimate of drug-likeness (QED) is 0.843. The topological polar surface area (TPSA) is 63.3 Å². The molecule has 0 heterocycles. The predicted molar refractivity (Wildman–Crippen MR) is 66.9 cm³/mol. The summed E-state index contributed by atoms with van der Waals surface area (Å²) >= 11 is 0. The molecular weight excluding hydrogens is 214 g/mol. The van der Waals surface area contributed by atoms with Crippen molar-refractivity contribution in [3.05, 3.63) is 29.3 Å². The molecule has 1 amide bonds. The van der Waals surface area contributed by atoms with Crippen LogP contribution in [0.3, 0.4) is 0 Å². The monoisotopic (exact) mass is 233 g/mol. The van der Waals surface area contributed by atoms with Gasteiger partial charge in [-0.15, -0.1) is 0 Å². The van der Waals surface area contributed by atoms with E-state index in [1.807, 2.05) is 6.07 Å². The summed E-state index contributed by atoms with van der Waals surface area (Å²) in [6.45, 7) is 0. The van der Waals surface area contributed by atoms with Crippen molar-refractivity contribution < 1.29 is 9.90 Å². The third-order valence-corrected chi connectivity index (χ3v) is 3.62. The number of primary amides is 1. The lowest BCUT2D eigenvalue weighted by atomic mass is 9.84. The molecule has 0 spiro atoms. The molecule has 0 unspecified atom stereocenters. The second-order valence-corrected chi connectivity index (χ2v) is 4.89. The number of carbonyl (C=O) groups is 1. The zero-order valence-electron chi connectivity index (χ0n) is 9.98. The lowest BCUT2D eigenvalue weighted by Crippen LogP contribution is -2.13. The highest BCUT2D eigenvalue weighted by molar-refractivity contribution is 5.95. The summed E-state index contributed by atoms with van der Waals surface area (Å²) in [5, 5.41) is 9.99. The van der Waals surface area contributed by atoms with Gasteiger partial charge in [-0.05, 0) is 24.0 Å². The average Bonchev–Trinajstić information content (AvgIpc) is 2.33. The predicted octanol–water partition coefficient (Wildman–Crippen LogP) is 2.61. The first-order valence-corrected chi connectivity index (χ1v) is 6.29. The molecule has 0 bridgehead atoms. The number of amides is 1. The first-order chi connectivity index (χ1) is 8.18. The van der Waals surface area contributed by atoms with Crippen LogP contribution in [0.2, 0.25) is 0 Å². The number of aromatic hydroxyl groups is 1. The lowest BCUT2D eigenvalue weighted by molar-refractivity contribution is 0.0997. The van der Waals surface area contributed by atoms with Crippen LogP contribution < -0.4 is 5.73 Å². The smallest absolute Gasteiger partial charge is 0.252 e. The molecule has 1 aliphatic rings. The Hall–Kier alpha value is -1.51. The molecule has 0 radical (unpaired) electrons. The van der Waals surface area contributed by atoms with E-state index in [2.05, 4.69) is 0 Å². The van der Waals surface area contributed by atoms with Gasteiger partial charge in [0.1, 0.15) is 5.75 Å². The molecule has 92 valence electrons. The fraction of sp³-hybridized carbons (Fsp3) is 0.500. The maximum atomic E-state index is 11.1. The van der Waals surface area contributed by atoms with E-state index in [4.69, 9.17) is 5.73 Å². The van der Waals surface area contributed by atoms with Crippen LogP contribution in [0.15, 0.2) is 18.2 Å². The Bertz CT molecular complexity index is 409. The number of hydrogen-bond donors (Lipinski definition) is 2. The Labute approximate surface area is 102 Å². The van der Waals surface area contributed by atoms with Crippen molar-refractivity contribution in [1.82, 2.24) is 0 Å². The van der Waals surface area contributed by atoms with Gasteiger partial charge in [0.15, 0.2) is 0 Å². The Balaban J connectivity index is 2.15. The molecule has 3 N–H and O–H groups in total. The minimum Gasteiger partial charge on any atom is -0.507 e. The molecule has 17 heavy (non-hydrogen) atoms. The Morgan fingerprint density at radius 3 is 2.65 bits per heavy atom. The fourth-order valence-electron chi connectivity index (χ4n) is 2.66. The molecule has 3 nitrogen and oxygen atoms in total. The third kappa shape index (κ3) is 2.78. The maximum absolute atomic E-state index is 11.1. The first-order valence-electron chi connectivity index (χ1n) is 6.29. The SMILES string of the molecule is NC(=O)c1cccc(CC2CCCCC2)c1O. The summed E-state index contributed by atoms with van der Waals surface area (Å²) < 4.78 is 0. The summed E-state index contributed by atoms with van der Waals surface area (Å²) in [6.07, 6.45) is 7.18. The minimum atomic E-state index is -0.562. The Kier molecular flexibility index (Phi) is 3.67. The van der Waals surface area contributed by atoms with Crippen molar-refractivity contribution in [1.29, 1.82) is 0 Å². The van der Waals surface area contributed by atoms with Crippen molar-refractivity contribution in [2.75, 3.05) is 0 Å². The molecule has 2 rings (SSSR count). The second kappa shape index (κ2) is 5.21. The normalized spacial score (nSPS) is 16.9. The average molecular weight is 233 g/mol. The van der Waals surface area contributed by atoms with E-state index in [-0.39, 0.29) is 11.3 Å². The molecule has 1 aromatic rings. The summed E-state index contributed by atoms with van der Waals surface area (Å²) in [5.41, 5.74) is 6.31. The highest BCUT2D eigenvalue weighted by Crippen LogP contribution is 2.31. The number of rotatable bonds is 3. The highest BCUT2D eigenvalue weighted by Gasteiger charge is 2.17. The molecule has 0 atom stereocenters. The van der Waals surface area contributed by atoms with Crippen LogP contribution in [0.25, 0.3) is 0 Å². The van der Waals surface area contributed by atoms with Crippen molar-refractivity contribution in [2.24, 2.45) is 11.7 Å². The van der Waals surface area contributed by atoms with E-state index in [9.17, 15) is 9.90 Å². The zero-order valence-corrected chi connectivity index (χ0v) is 9.98. The molecule has 0 aliphatic heterocycles.